The molecule has 6 rings (SSSR count). The van der Waals surface area contributed by atoms with Crippen molar-refractivity contribution < 1.29 is 4.79 Å². The number of nitrogens with zero attached hydrogens (tertiary/aromatic N) is 3. The summed E-state index contributed by atoms with van der Waals surface area (Å²) >= 11 is 27.9. The molecule has 4 aromatic rings. The zero-order chi connectivity index (χ0) is 39.2. The SMILES string of the molecule is CC(C)(C)[C@H]1CN(C(c2ccc(Cl)cc2)c2ccc(Cl)cc2)CCN1.CC(C)(C)[C@H]1CN(C(c2ccc(Cl)cc2)c2ccc(Cl)cc2)CCN1C(=O)CBr. The molecule has 1 N–H and O–H groups in total. The molecule has 2 aliphatic heterocycles. The van der Waals surface area contributed by atoms with Crippen LogP contribution in [0.3, 0.4) is 0 Å². The molecule has 0 aliphatic carbocycles. The van der Waals surface area contributed by atoms with Gasteiger partial charge in [0.25, 0.3) is 0 Å². The molecule has 2 atom stereocenters. The molecular weight excluding hydrogens is 822 g/mol. The minimum atomic E-state index is -0.0267. The highest BCUT2D eigenvalue weighted by molar-refractivity contribution is 9.09. The first-order valence-electron chi connectivity index (χ1n) is 18.6. The summed E-state index contributed by atoms with van der Waals surface area (Å²) in [6.45, 7) is 18.9. The molecule has 1 amide bonds. The molecule has 0 bridgehead atoms. The van der Waals surface area contributed by atoms with Crippen LogP contribution >= 0.6 is 62.3 Å². The number of hydrogen-bond donors (Lipinski definition) is 1. The Morgan fingerprint density at radius 3 is 1.31 bits per heavy atom. The zero-order valence-corrected chi connectivity index (χ0v) is 36.7. The summed E-state index contributed by atoms with van der Waals surface area (Å²) in [4.78, 5) is 19.6. The maximum Gasteiger partial charge on any atom is 0.233 e. The lowest BCUT2D eigenvalue weighted by Crippen LogP contribution is -2.60. The van der Waals surface area contributed by atoms with Crippen LogP contribution in [0.4, 0.5) is 0 Å². The Hall–Kier alpha value is -2.13. The second kappa shape index (κ2) is 18.9. The normalized spacial score (nSPS) is 18.8. The van der Waals surface area contributed by atoms with Gasteiger partial charge in [-0.05, 0) is 81.6 Å². The molecule has 5 nitrogen and oxygen atoms in total. The van der Waals surface area contributed by atoms with E-state index in [0.29, 0.717) is 17.9 Å². The number of hydrogen-bond acceptors (Lipinski definition) is 4. The summed E-state index contributed by atoms with van der Waals surface area (Å²) in [5, 5.41) is 7.03. The van der Waals surface area contributed by atoms with E-state index in [1.165, 1.54) is 22.3 Å². The van der Waals surface area contributed by atoms with Crippen molar-refractivity contribution in [3.63, 3.8) is 0 Å². The quantitative estimate of drug-likeness (QED) is 0.188. The molecule has 2 aliphatic rings. The van der Waals surface area contributed by atoms with E-state index in [1.807, 2.05) is 53.4 Å². The molecular formula is C44H53BrCl4N4O. The van der Waals surface area contributed by atoms with Crippen LogP contribution in [-0.4, -0.2) is 77.3 Å². The van der Waals surface area contributed by atoms with Gasteiger partial charge in [-0.3, -0.25) is 14.6 Å². The number of halogens is 5. The molecule has 2 fully saturated rings. The molecule has 0 aromatic heterocycles. The van der Waals surface area contributed by atoms with Gasteiger partial charge in [0.1, 0.15) is 0 Å². The highest BCUT2D eigenvalue weighted by atomic mass is 79.9. The van der Waals surface area contributed by atoms with Crippen molar-refractivity contribution in [3.8, 4) is 0 Å². The molecule has 4 aromatic carbocycles. The van der Waals surface area contributed by atoms with Gasteiger partial charge in [-0.15, -0.1) is 0 Å². The predicted octanol–water partition coefficient (Wildman–Crippen LogP) is 11.4. The fraction of sp³-hybridized carbons (Fsp3) is 0.432. The average molecular weight is 876 g/mol. The summed E-state index contributed by atoms with van der Waals surface area (Å²) in [6, 6.07) is 33.4. The van der Waals surface area contributed by atoms with E-state index in [-0.39, 0.29) is 34.9 Å². The molecule has 290 valence electrons. The first kappa shape index (κ1) is 43.0. The maximum absolute atomic E-state index is 12.5. The lowest BCUT2D eigenvalue weighted by molar-refractivity contribution is -0.137. The molecule has 0 spiro atoms. The average Bonchev–Trinajstić information content (AvgIpc) is 3.14. The number of carbonyl (C=O) groups excluding carboxylic acids is 1. The van der Waals surface area contributed by atoms with Crippen molar-refractivity contribution in [2.45, 2.75) is 65.7 Å². The van der Waals surface area contributed by atoms with E-state index in [2.05, 4.69) is 121 Å². The summed E-state index contributed by atoms with van der Waals surface area (Å²) in [5.74, 6) is 0.152. The van der Waals surface area contributed by atoms with E-state index in [4.69, 9.17) is 46.4 Å². The number of benzene rings is 4. The first-order valence-corrected chi connectivity index (χ1v) is 21.3. The van der Waals surface area contributed by atoms with E-state index in [9.17, 15) is 4.79 Å². The van der Waals surface area contributed by atoms with Gasteiger partial charge in [-0.25, -0.2) is 0 Å². The topological polar surface area (TPSA) is 38.8 Å². The molecule has 2 heterocycles. The molecule has 0 radical (unpaired) electrons. The van der Waals surface area contributed by atoms with E-state index >= 15 is 0 Å². The highest BCUT2D eigenvalue weighted by Crippen LogP contribution is 2.37. The molecule has 10 heteroatoms. The fourth-order valence-electron chi connectivity index (χ4n) is 7.55. The van der Waals surface area contributed by atoms with Crippen molar-refractivity contribution in [2.75, 3.05) is 44.6 Å². The van der Waals surface area contributed by atoms with Crippen LogP contribution in [0.1, 0.15) is 75.9 Å². The Morgan fingerprint density at radius 1 is 0.611 bits per heavy atom. The first-order chi connectivity index (χ1) is 25.5. The van der Waals surface area contributed by atoms with Crippen LogP contribution < -0.4 is 5.32 Å². The Morgan fingerprint density at radius 2 is 0.981 bits per heavy atom. The highest BCUT2D eigenvalue weighted by Gasteiger charge is 2.40. The van der Waals surface area contributed by atoms with Crippen LogP contribution in [0.25, 0.3) is 0 Å². The van der Waals surface area contributed by atoms with Crippen molar-refractivity contribution in [1.29, 1.82) is 0 Å². The van der Waals surface area contributed by atoms with Gasteiger partial charge >= 0.3 is 0 Å². The maximum atomic E-state index is 12.5. The Bertz CT molecular complexity index is 1700. The fourth-order valence-corrected chi connectivity index (χ4v) is 8.38. The third-order valence-electron chi connectivity index (χ3n) is 10.6. The smallest absolute Gasteiger partial charge is 0.233 e. The Balaban J connectivity index is 0.000000210. The molecule has 0 unspecified atom stereocenters. The van der Waals surface area contributed by atoms with E-state index < -0.39 is 0 Å². The number of rotatable bonds is 7. The van der Waals surface area contributed by atoms with Crippen molar-refractivity contribution in [1.82, 2.24) is 20.0 Å². The van der Waals surface area contributed by atoms with Gasteiger partial charge < -0.3 is 10.2 Å². The minimum absolute atomic E-state index is 0.0267. The lowest BCUT2D eigenvalue weighted by atomic mass is 9.83. The predicted molar refractivity (Wildman–Crippen MR) is 233 cm³/mol. The zero-order valence-electron chi connectivity index (χ0n) is 32.1. The van der Waals surface area contributed by atoms with Gasteiger partial charge in [0.05, 0.1) is 17.4 Å². The monoisotopic (exact) mass is 872 g/mol. The van der Waals surface area contributed by atoms with Gasteiger partial charge in [0, 0.05) is 71.4 Å². The third kappa shape index (κ3) is 11.3. The van der Waals surface area contributed by atoms with Crippen molar-refractivity contribution in [3.05, 3.63) is 139 Å². The second-order valence-corrected chi connectivity index (χ2v) is 18.8. The number of piperazine rings is 2. The van der Waals surface area contributed by atoms with Crippen LogP contribution in [-0.2, 0) is 4.79 Å². The van der Waals surface area contributed by atoms with Gasteiger partial charge in [-0.2, -0.15) is 0 Å². The molecule has 54 heavy (non-hydrogen) atoms. The lowest BCUT2D eigenvalue weighted by Gasteiger charge is -2.49. The van der Waals surface area contributed by atoms with Crippen LogP contribution in [0.5, 0.6) is 0 Å². The summed E-state index contributed by atoms with van der Waals surface area (Å²) < 4.78 is 0. The van der Waals surface area contributed by atoms with Gasteiger partial charge in [0.2, 0.25) is 5.91 Å². The van der Waals surface area contributed by atoms with Crippen LogP contribution in [0.15, 0.2) is 97.1 Å². The van der Waals surface area contributed by atoms with Gasteiger partial charge in [-0.1, -0.05) is 152 Å². The van der Waals surface area contributed by atoms with E-state index in [0.717, 1.165) is 52.8 Å². The molecule has 2 saturated heterocycles. The Labute approximate surface area is 351 Å². The number of alkyl halides is 1. The van der Waals surface area contributed by atoms with Crippen LogP contribution in [0, 0.1) is 10.8 Å². The van der Waals surface area contributed by atoms with Gasteiger partial charge in [0.15, 0.2) is 0 Å². The van der Waals surface area contributed by atoms with Crippen molar-refractivity contribution >= 4 is 68.2 Å². The number of carbonyl (C=O) groups is 1. The Kier molecular flexibility index (Phi) is 15.0. The van der Waals surface area contributed by atoms with E-state index in [1.54, 1.807) is 0 Å². The van der Waals surface area contributed by atoms with Crippen LogP contribution in [0.2, 0.25) is 20.1 Å². The van der Waals surface area contributed by atoms with Crippen molar-refractivity contribution in [2.24, 2.45) is 10.8 Å². The largest absolute Gasteiger partial charge is 0.336 e. The standard InChI is InChI=1S/C23H27BrCl2N2O.C21H26Cl2N2/c1-23(2,3)20-15-27(12-13-28(20)21(29)14-24)22(16-4-8-18(25)9-5-16)17-6-10-19(26)11-7-17;1-21(2,3)19-14-25(13-12-24-19)20(15-4-8-17(22)9-5-15)16-6-10-18(23)11-7-16/h4-11,20,22H,12-15H2,1-3H3;4-11,19-20,24H,12-14H2,1-3H3/t20-;19-/m11/s1. The third-order valence-corrected chi connectivity index (χ3v) is 12.1. The summed E-state index contributed by atoms with van der Waals surface area (Å²) in [7, 11) is 0. The number of amides is 1. The second-order valence-electron chi connectivity index (χ2n) is 16.5. The molecule has 0 saturated carbocycles. The minimum Gasteiger partial charge on any atom is -0.336 e. The summed E-state index contributed by atoms with van der Waals surface area (Å²) in [5.41, 5.74) is 5.10. The number of nitrogens with one attached hydrogen (secondary N) is 1. The summed E-state index contributed by atoms with van der Waals surface area (Å²) in [6.07, 6.45) is 0.